The number of H-pyrrole nitrogens is 1. The Hall–Kier alpha value is -4.64. The minimum Gasteiger partial charge on any atom is -0.397 e. The summed E-state index contributed by atoms with van der Waals surface area (Å²) < 4.78 is 0. The van der Waals surface area contributed by atoms with Crippen molar-refractivity contribution in [2.45, 2.75) is 6.04 Å². The van der Waals surface area contributed by atoms with Gasteiger partial charge in [0.25, 0.3) is 5.56 Å². The Kier molecular flexibility index (Phi) is 3.76. The predicted octanol–water partition coefficient (Wildman–Crippen LogP) is 0.296. The van der Waals surface area contributed by atoms with E-state index in [1.54, 1.807) is 24.4 Å². The summed E-state index contributed by atoms with van der Waals surface area (Å²) >= 11 is 0. The second-order valence-electron chi connectivity index (χ2n) is 5.91. The van der Waals surface area contributed by atoms with E-state index in [0.29, 0.717) is 22.0 Å². The molecule has 1 aliphatic rings. The molecule has 0 bridgehead atoms. The van der Waals surface area contributed by atoms with Crippen LogP contribution in [0.15, 0.2) is 34.3 Å². The third-order valence-electron chi connectivity index (χ3n) is 4.34. The molecule has 1 aromatic carbocycles. The molecule has 3 aromatic rings. The minimum atomic E-state index is -0.726. The van der Waals surface area contributed by atoms with E-state index in [-0.39, 0.29) is 34.4 Å². The third kappa shape index (κ3) is 2.51. The molecule has 1 unspecified atom stereocenters. The number of aliphatic imine (C=N–C) groups is 1. The van der Waals surface area contributed by atoms with E-state index in [1.165, 1.54) is 6.33 Å². The highest BCUT2D eigenvalue weighted by Gasteiger charge is 2.29. The Bertz CT molecular complexity index is 1290. The van der Waals surface area contributed by atoms with Crippen molar-refractivity contribution in [2.75, 3.05) is 16.8 Å². The molecule has 11 nitrogen and oxygen atoms in total. The summed E-state index contributed by atoms with van der Waals surface area (Å²) in [6.45, 7) is 0. The van der Waals surface area contributed by atoms with E-state index >= 15 is 0 Å². The number of nitrogen functional groups attached to an aromatic ring is 2. The molecule has 4 rings (SSSR count). The molecule has 28 heavy (non-hydrogen) atoms. The fourth-order valence-electron chi connectivity index (χ4n) is 3.08. The maximum Gasteiger partial charge on any atom is 0.258 e. The van der Waals surface area contributed by atoms with Crippen molar-refractivity contribution in [3.8, 4) is 12.3 Å². The van der Waals surface area contributed by atoms with Crippen LogP contribution < -0.4 is 27.7 Å². The number of anilines is 3. The van der Waals surface area contributed by atoms with Crippen LogP contribution in [0.3, 0.4) is 0 Å². The molecule has 2 aromatic heterocycles. The maximum atomic E-state index is 12.1. The zero-order chi connectivity index (χ0) is 19.8. The molecule has 1 atom stereocenters. The summed E-state index contributed by atoms with van der Waals surface area (Å²) in [5.41, 5.74) is 13.4. The minimum absolute atomic E-state index is 0.0395. The second kappa shape index (κ2) is 6.26. The first kappa shape index (κ1) is 16.8. The number of nitriles is 2. The largest absolute Gasteiger partial charge is 0.397 e. The van der Waals surface area contributed by atoms with Crippen molar-refractivity contribution in [1.82, 2.24) is 20.3 Å². The van der Waals surface area contributed by atoms with E-state index in [9.17, 15) is 10.1 Å². The van der Waals surface area contributed by atoms with Gasteiger partial charge < -0.3 is 21.8 Å². The zero-order valence-corrected chi connectivity index (χ0v) is 14.2. The number of hydrogen-bond donors (Lipinski definition) is 5. The van der Waals surface area contributed by atoms with Gasteiger partial charge in [0.1, 0.15) is 29.3 Å². The number of fused-ring (bicyclic) bond motifs is 2. The van der Waals surface area contributed by atoms with Gasteiger partial charge in [-0.3, -0.25) is 10.1 Å². The molecule has 136 valence electrons. The van der Waals surface area contributed by atoms with Gasteiger partial charge in [0.05, 0.1) is 22.9 Å². The number of hydrogen-bond acceptors (Lipinski definition) is 10. The molecule has 11 heteroatoms. The van der Waals surface area contributed by atoms with E-state index in [4.69, 9.17) is 16.7 Å². The Labute approximate surface area is 157 Å². The molecule has 0 saturated carbocycles. The van der Waals surface area contributed by atoms with Crippen LogP contribution in [0.1, 0.15) is 22.7 Å². The average molecular weight is 372 g/mol. The van der Waals surface area contributed by atoms with E-state index in [2.05, 4.69) is 30.6 Å². The lowest BCUT2D eigenvalue weighted by Gasteiger charge is -2.26. The molecule has 0 radical (unpaired) electrons. The van der Waals surface area contributed by atoms with Crippen LogP contribution in [0.25, 0.3) is 10.9 Å². The molecular formula is C17H12N10O. The Morgan fingerprint density at radius 2 is 2.07 bits per heavy atom. The van der Waals surface area contributed by atoms with Gasteiger partial charge in [0, 0.05) is 5.56 Å². The Morgan fingerprint density at radius 1 is 1.25 bits per heavy atom. The predicted molar refractivity (Wildman–Crippen MR) is 102 cm³/mol. The number of aromatic nitrogens is 3. The standard InChI is InChI=1S/C17H12N10O/c18-4-9-12(20)11-13(25-17(22-5-19)27-15(11)26-14(9)21)7-1-2-10-8(3-7)16(28)24-6-23-10/h1-3,6,13H,(H,23,24,28)(H6,20,21,22,25,26,27). The number of guanidine groups is 1. The summed E-state index contributed by atoms with van der Waals surface area (Å²) in [7, 11) is 0. The van der Waals surface area contributed by atoms with Crippen molar-refractivity contribution < 1.29 is 0 Å². The summed E-state index contributed by atoms with van der Waals surface area (Å²) in [4.78, 5) is 27.4. The van der Waals surface area contributed by atoms with Gasteiger partial charge in [-0.1, -0.05) is 6.07 Å². The summed E-state index contributed by atoms with van der Waals surface area (Å²) in [5.74, 6) is 0.366. The number of aromatic amines is 1. The number of nitrogens with two attached hydrogens (primary N) is 2. The highest BCUT2D eigenvalue weighted by atomic mass is 16.1. The number of rotatable bonds is 1. The van der Waals surface area contributed by atoms with Crippen LogP contribution in [0, 0.1) is 22.8 Å². The van der Waals surface area contributed by atoms with Gasteiger partial charge >= 0.3 is 0 Å². The lowest BCUT2D eigenvalue weighted by molar-refractivity contribution is 0.848. The topological polar surface area (TPSA) is 195 Å². The van der Waals surface area contributed by atoms with Crippen molar-refractivity contribution >= 4 is 34.2 Å². The lowest BCUT2D eigenvalue weighted by Crippen LogP contribution is -2.32. The first-order valence-corrected chi connectivity index (χ1v) is 7.99. The summed E-state index contributed by atoms with van der Waals surface area (Å²) in [6, 6.07) is 6.27. The fraction of sp³-hybridized carbons (Fsp3) is 0.0588. The van der Waals surface area contributed by atoms with Gasteiger partial charge in [-0.15, -0.1) is 0 Å². The molecule has 1 aliphatic heterocycles. The van der Waals surface area contributed by atoms with Crippen LogP contribution in [-0.4, -0.2) is 20.9 Å². The average Bonchev–Trinajstić information content (AvgIpc) is 2.68. The van der Waals surface area contributed by atoms with Crippen LogP contribution in [-0.2, 0) is 0 Å². The van der Waals surface area contributed by atoms with Gasteiger partial charge in [-0.2, -0.15) is 10.5 Å². The van der Waals surface area contributed by atoms with Crippen LogP contribution in [0.5, 0.6) is 0 Å². The lowest BCUT2D eigenvalue weighted by atomic mass is 9.94. The number of benzene rings is 1. The highest BCUT2D eigenvalue weighted by Crippen LogP contribution is 2.40. The fourth-order valence-corrected chi connectivity index (χ4v) is 3.08. The van der Waals surface area contributed by atoms with Crippen LogP contribution >= 0.6 is 0 Å². The Morgan fingerprint density at radius 3 is 2.82 bits per heavy atom. The number of pyridine rings is 1. The molecule has 7 N–H and O–H groups in total. The highest BCUT2D eigenvalue weighted by molar-refractivity contribution is 5.98. The van der Waals surface area contributed by atoms with Gasteiger partial charge in [0.2, 0.25) is 5.96 Å². The molecular weight excluding hydrogens is 360 g/mol. The first-order valence-electron chi connectivity index (χ1n) is 7.99. The van der Waals surface area contributed by atoms with Crippen LogP contribution in [0.2, 0.25) is 0 Å². The van der Waals surface area contributed by atoms with E-state index in [0.717, 1.165) is 0 Å². The van der Waals surface area contributed by atoms with E-state index < -0.39 is 6.04 Å². The molecule has 0 fully saturated rings. The van der Waals surface area contributed by atoms with Crippen molar-refractivity contribution in [3.05, 3.63) is 51.6 Å². The normalized spacial score (nSPS) is 14.9. The zero-order valence-electron chi connectivity index (χ0n) is 14.2. The SMILES string of the molecule is N#CNC1=NC(c2ccc3nc[nH]c(=O)c3c2)c2c(nc(N)c(C#N)c2N)N1. The third-order valence-corrected chi connectivity index (χ3v) is 4.34. The van der Waals surface area contributed by atoms with Crippen molar-refractivity contribution in [3.63, 3.8) is 0 Å². The van der Waals surface area contributed by atoms with Crippen LogP contribution in [0.4, 0.5) is 17.3 Å². The molecule has 0 saturated heterocycles. The van der Waals surface area contributed by atoms with Gasteiger partial charge in [-0.05, 0) is 17.7 Å². The quantitative estimate of drug-likeness (QED) is 0.295. The molecule has 0 spiro atoms. The second-order valence-corrected chi connectivity index (χ2v) is 5.91. The van der Waals surface area contributed by atoms with Gasteiger partial charge in [-0.25, -0.2) is 15.0 Å². The summed E-state index contributed by atoms with van der Waals surface area (Å²) in [6.07, 6.45) is 3.10. The molecule has 0 aliphatic carbocycles. The van der Waals surface area contributed by atoms with Crippen molar-refractivity contribution in [2.24, 2.45) is 4.99 Å². The Balaban J connectivity index is 1.99. The number of nitrogens with zero attached hydrogens (tertiary/aromatic N) is 5. The maximum absolute atomic E-state index is 12.1. The van der Waals surface area contributed by atoms with Gasteiger partial charge in [0.15, 0.2) is 6.19 Å². The first-order chi connectivity index (χ1) is 13.5. The number of nitrogens with one attached hydrogen (secondary N) is 3. The molecule has 0 amide bonds. The van der Waals surface area contributed by atoms with E-state index in [1.807, 2.05) is 6.07 Å². The van der Waals surface area contributed by atoms with Crippen molar-refractivity contribution in [1.29, 1.82) is 10.5 Å². The molecule has 3 heterocycles. The smallest absolute Gasteiger partial charge is 0.258 e. The monoisotopic (exact) mass is 372 g/mol. The summed E-state index contributed by atoms with van der Waals surface area (Å²) in [5, 5.41) is 23.9.